The molecule has 0 N–H and O–H groups in total. The summed E-state index contributed by atoms with van der Waals surface area (Å²) in [5.41, 5.74) is 4.54. The molecule has 0 radical (unpaired) electrons. The molecule has 0 spiro atoms. The lowest BCUT2D eigenvalue weighted by molar-refractivity contribution is -0.122. The van der Waals surface area contributed by atoms with Gasteiger partial charge in [0, 0.05) is 5.92 Å². The van der Waals surface area contributed by atoms with Gasteiger partial charge in [0.25, 0.3) is 0 Å². The third-order valence-corrected chi connectivity index (χ3v) is 6.34. The van der Waals surface area contributed by atoms with E-state index in [-0.39, 0.29) is 11.8 Å². The molecule has 1 aliphatic rings. The fourth-order valence-corrected chi connectivity index (χ4v) is 4.74. The zero-order chi connectivity index (χ0) is 18.8. The second-order valence-electron chi connectivity index (χ2n) is 7.32. The Morgan fingerprint density at radius 2 is 2.00 bits per heavy atom. The normalized spacial score (nSPS) is 16.6. The maximum atomic E-state index is 13.4. The summed E-state index contributed by atoms with van der Waals surface area (Å²) in [6, 6.07) is 14.5. The van der Waals surface area contributed by atoms with Crippen molar-refractivity contribution < 1.29 is 4.79 Å². The molecular weight excluding hydrogens is 352 g/mol. The average molecular weight is 377 g/mol. The highest BCUT2D eigenvalue weighted by Gasteiger charge is 2.28. The number of amides is 1. The maximum absolute atomic E-state index is 13.4. The number of aryl methyl sites for hydroxylation is 2. The predicted octanol–water partition coefficient (Wildman–Crippen LogP) is 5.80. The van der Waals surface area contributed by atoms with E-state index < -0.39 is 0 Å². The maximum Gasteiger partial charge on any atom is 0.232 e. The van der Waals surface area contributed by atoms with Crippen LogP contribution in [0.25, 0.3) is 10.2 Å². The minimum Gasteiger partial charge on any atom is -0.283 e. The molecule has 1 atom stereocenters. The van der Waals surface area contributed by atoms with Crippen LogP contribution in [0.3, 0.4) is 0 Å². The van der Waals surface area contributed by atoms with Crippen molar-refractivity contribution in [3.8, 4) is 0 Å². The van der Waals surface area contributed by atoms with Gasteiger partial charge in [-0.05, 0) is 55.9 Å². The van der Waals surface area contributed by atoms with Crippen molar-refractivity contribution in [2.45, 2.75) is 39.7 Å². The van der Waals surface area contributed by atoms with Gasteiger partial charge in [-0.15, -0.1) is 0 Å². The highest BCUT2D eigenvalue weighted by atomic mass is 32.1. The molecule has 4 heteroatoms. The highest BCUT2D eigenvalue weighted by Crippen LogP contribution is 2.34. The fourth-order valence-electron chi connectivity index (χ4n) is 3.72. The molecule has 1 unspecified atom stereocenters. The average Bonchev–Trinajstić information content (AvgIpc) is 3.11. The number of anilines is 1. The van der Waals surface area contributed by atoms with Crippen molar-refractivity contribution in [1.29, 1.82) is 0 Å². The topological polar surface area (TPSA) is 33.2 Å². The zero-order valence-corrected chi connectivity index (χ0v) is 16.6. The monoisotopic (exact) mass is 376 g/mol. The Labute approximate surface area is 164 Å². The third-order valence-electron chi connectivity index (χ3n) is 5.11. The summed E-state index contributed by atoms with van der Waals surface area (Å²) >= 11 is 1.63. The third kappa shape index (κ3) is 3.81. The van der Waals surface area contributed by atoms with E-state index in [1.165, 1.54) is 15.8 Å². The lowest BCUT2D eigenvalue weighted by Gasteiger charge is -2.26. The van der Waals surface area contributed by atoms with E-state index >= 15 is 0 Å². The smallest absolute Gasteiger partial charge is 0.232 e. The Bertz CT molecular complexity index is 990. The van der Waals surface area contributed by atoms with Crippen LogP contribution >= 0.6 is 11.3 Å². The Morgan fingerprint density at radius 1 is 1.19 bits per heavy atom. The van der Waals surface area contributed by atoms with Crippen LogP contribution < -0.4 is 4.90 Å². The van der Waals surface area contributed by atoms with Crippen LogP contribution in [0.4, 0.5) is 5.13 Å². The molecule has 4 rings (SSSR count). The molecule has 1 aliphatic carbocycles. The number of fused-ring (bicyclic) bond motifs is 1. The van der Waals surface area contributed by atoms with Gasteiger partial charge >= 0.3 is 0 Å². The van der Waals surface area contributed by atoms with Crippen LogP contribution in [0.5, 0.6) is 0 Å². The van der Waals surface area contributed by atoms with Crippen molar-refractivity contribution in [2.75, 3.05) is 4.90 Å². The first-order chi connectivity index (χ1) is 13.1. The van der Waals surface area contributed by atoms with Gasteiger partial charge in [0.05, 0.1) is 16.8 Å². The van der Waals surface area contributed by atoms with Gasteiger partial charge in [0.15, 0.2) is 5.13 Å². The molecule has 27 heavy (non-hydrogen) atoms. The number of carbonyl (C=O) groups is 1. The fraction of sp³-hybridized carbons (Fsp3) is 0.304. The van der Waals surface area contributed by atoms with Crippen LogP contribution in [-0.2, 0) is 11.3 Å². The van der Waals surface area contributed by atoms with E-state index in [0.717, 1.165) is 35.5 Å². The Kier molecular flexibility index (Phi) is 5.08. The van der Waals surface area contributed by atoms with Crippen molar-refractivity contribution in [2.24, 2.45) is 5.92 Å². The summed E-state index contributed by atoms with van der Waals surface area (Å²) in [4.78, 5) is 20.1. The van der Waals surface area contributed by atoms with Gasteiger partial charge in [-0.1, -0.05) is 59.9 Å². The number of allylic oxidation sites excluding steroid dienone is 2. The molecule has 1 heterocycles. The van der Waals surface area contributed by atoms with Gasteiger partial charge in [-0.2, -0.15) is 0 Å². The van der Waals surface area contributed by atoms with E-state index in [1.54, 1.807) is 11.3 Å². The summed E-state index contributed by atoms with van der Waals surface area (Å²) in [7, 11) is 0. The molecule has 0 saturated heterocycles. The SMILES string of the molecule is Cc1cc(C)c2sc(N(Cc3ccccc3)C(=O)C3CC=CCC3)nc2c1. The van der Waals surface area contributed by atoms with Crippen molar-refractivity contribution in [3.63, 3.8) is 0 Å². The summed E-state index contributed by atoms with van der Waals surface area (Å²) < 4.78 is 1.17. The number of thiazole rings is 1. The van der Waals surface area contributed by atoms with Crippen LogP contribution in [0.1, 0.15) is 36.0 Å². The van der Waals surface area contributed by atoms with E-state index in [4.69, 9.17) is 4.98 Å². The molecule has 0 fully saturated rings. The second kappa shape index (κ2) is 7.65. The number of aromatic nitrogens is 1. The molecule has 3 aromatic rings. The highest BCUT2D eigenvalue weighted by molar-refractivity contribution is 7.22. The summed E-state index contributed by atoms with van der Waals surface area (Å²) in [6.45, 7) is 4.77. The Hall–Kier alpha value is -2.46. The minimum atomic E-state index is 0.0496. The number of nitrogens with zero attached hydrogens (tertiary/aromatic N) is 2. The Morgan fingerprint density at radius 3 is 2.74 bits per heavy atom. The molecular formula is C23H24N2OS. The van der Waals surface area contributed by atoms with E-state index in [0.29, 0.717) is 6.54 Å². The van der Waals surface area contributed by atoms with Crippen molar-refractivity contribution in [3.05, 3.63) is 71.3 Å². The number of rotatable bonds is 4. The van der Waals surface area contributed by atoms with Gasteiger partial charge in [0.1, 0.15) is 0 Å². The molecule has 2 aromatic carbocycles. The van der Waals surface area contributed by atoms with Crippen molar-refractivity contribution >= 4 is 32.6 Å². The van der Waals surface area contributed by atoms with Gasteiger partial charge < -0.3 is 0 Å². The molecule has 1 amide bonds. The molecule has 1 aromatic heterocycles. The number of hydrogen-bond donors (Lipinski definition) is 0. The van der Waals surface area contributed by atoms with Crippen LogP contribution in [0.2, 0.25) is 0 Å². The summed E-state index contributed by atoms with van der Waals surface area (Å²) in [6.07, 6.45) is 7.04. The van der Waals surface area contributed by atoms with Gasteiger partial charge in [0.2, 0.25) is 5.91 Å². The van der Waals surface area contributed by atoms with E-state index in [1.807, 2.05) is 23.1 Å². The lowest BCUT2D eigenvalue weighted by Crippen LogP contribution is -2.36. The quantitative estimate of drug-likeness (QED) is 0.539. The van der Waals surface area contributed by atoms with Gasteiger partial charge in [-0.3, -0.25) is 9.69 Å². The van der Waals surface area contributed by atoms with Crippen LogP contribution in [-0.4, -0.2) is 10.9 Å². The standard InChI is InChI=1S/C23H24N2OS/c1-16-13-17(2)21-20(14-16)24-23(27-21)25(15-18-9-5-3-6-10-18)22(26)19-11-7-4-8-12-19/h3-7,9-10,13-14,19H,8,11-12,15H2,1-2H3. The van der Waals surface area contributed by atoms with Gasteiger partial charge in [-0.25, -0.2) is 4.98 Å². The molecule has 0 saturated carbocycles. The second-order valence-corrected chi connectivity index (χ2v) is 8.30. The zero-order valence-electron chi connectivity index (χ0n) is 15.8. The number of benzene rings is 2. The predicted molar refractivity (Wildman–Crippen MR) is 113 cm³/mol. The molecule has 138 valence electrons. The molecule has 0 aliphatic heterocycles. The van der Waals surface area contributed by atoms with Crippen LogP contribution in [0.15, 0.2) is 54.6 Å². The largest absolute Gasteiger partial charge is 0.283 e. The Balaban J connectivity index is 1.73. The van der Waals surface area contributed by atoms with Crippen molar-refractivity contribution in [1.82, 2.24) is 4.98 Å². The molecule has 3 nitrogen and oxygen atoms in total. The number of hydrogen-bond acceptors (Lipinski definition) is 3. The molecule has 0 bridgehead atoms. The lowest BCUT2D eigenvalue weighted by atomic mass is 9.93. The van der Waals surface area contributed by atoms with Crippen LogP contribution in [0, 0.1) is 19.8 Å². The summed E-state index contributed by atoms with van der Waals surface area (Å²) in [5, 5.41) is 0.808. The minimum absolute atomic E-state index is 0.0496. The van der Waals surface area contributed by atoms with E-state index in [2.05, 4.69) is 50.3 Å². The number of carbonyl (C=O) groups excluding carboxylic acids is 1. The first-order valence-corrected chi connectivity index (χ1v) is 10.3. The first-order valence-electron chi connectivity index (χ1n) is 9.50. The first kappa shape index (κ1) is 17.9. The summed E-state index contributed by atoms with van der Waals surface area (Å²) in [5.74, 6) is 0.241. The van der Waals surface area contributed by atoms with E-state index in [9.17, 15) is 4.79 Å².